The van der Waals surface area contributed by atoms with E-state index < -0.39 is 10.0 Å². The quantitative estimate of drug-likeness (QED) is 0.923. The van der Waals surface area contributed by atoms with Gasteiger partial charge in [0, 0.05) is 10.5 Å². The van der Waals surface area contributed by atoms with E-state index >= 15 is 0 Å². The maximum atomic E-state index is 12.1. The SMILES string of the molecule is O=S(=O)(NC1CCSCC1)c1cccc(Br)c1. The monoisotopic (exact) mass is 335 g/mol. The summed E-state index contributed by atoms with van der Waals surface area (Å²) in [5, 5.41) is 0. The molecule has 0 aromatic heterocycles. The van der Waals surface area contributed by atoms with Crippen LogP contribution in [0.3, 0.4) is 0 Å². The van der Waals surface area contributed by atoms with Gasteiger partial charge in [0.05, 0.1) is 4.90 Å². The minimum atomic E-state index is -3.37. The van der Waals surface area contributed by atoms with Crippen molar-refractivity contribution in [2.45, 2.75) is 23.8 Å². The van der Waals surface area contributed by atoms with E-state index in [1.807, 2.05) is 17.8 Å². The van der Waals surface area contributed by atoms with E-state index in [4.69, 9.17) is 0 Å². The summed E-state index contributed by atoms with van der Waals surface area (Å²) >= 11 is 5.16. The molecule has 1 aromatic rings. The molecule has 1 heterocycles. The Hall–Kier alpha value is -0.0400. The number of hydrogen-bond acceptors (Lipinski definition) is 3. The molecule has 0 aliphatic carbocycles. The normalized spacial score (nSPS) is 18.2. The highest BCUT2D eigenvalue weighted by Crippen LogP contribution is 2.20. The Kier molecular flexibility index (Phi) is 4.52. The lowest BCUT2D eigenvalue weighted by Gasteiger charge is -2.22. The Labute approximate surface area is 115 Å². The molecule has 0 saturated carbocycles. The van der Waals surface area contributed by atoms with E-state index in [9.17, 15) is 8.42 Å². The number of nitrogens with one attached hydrogen (secondary N) is 1. The van der Waals surface area contributed by atoms with Gasteiger partial charge in [0.15, 0.2) is 0 Å². The molecule has 0 amide bonds. The Morgan fingerprint density at radius 3 is 2.65 bits per heavy atom. The number of rotatable bonds is 3. The van der Waals surface area contributed by atoms with E-state index in [-0.39, 0.29) is 6.04 Å². The fourth-order valence-corrected chi connectivity index (χ4v) is 4.74. The molecule has 94 valence electrons. The van der Waals surface area contributed by atoms with Crippen molar-refractivity contribution in [3.05, 3.63) is 28.7 Å². The van der Waals surface area contributed by atoms with Crippen LogP contribution in [0, 0.1) is 0 Å². The van der Waals surface area contributed by atoms with Crippen LogP contribution in [-0.2, 0) is 10.0 Å². The van der Waals surface area contributed by atoms with Gasteiger partial charge in [-0.05, 0) is 42.5 Å². The number of hydrogen-bond donors (Lipinski definition) is 1. The second kappa shape index (κ2) is 5.73. The highest BCUT2D eigenvalue weighted by atomic mass is 79.9. The standard InChI is InChI=1S/C11H14BrNO2S2/c12-9-2-1-3-11(8-9)17(14,15)13-10-4-6-16-7-5-10/h1-3,8,10,13H,4-7H2. The van der Waals surface area contributed by atoms with Crippen molar-refractivity contribution in [2.75, 3.05) is 11.5 Å². The third-order valence-electron chi connectivity index (χ3n) is 2.65. The average molecular weight is 336 g/mol. The van der Waals surface area contributed by atoms with Gasteiger partial charge in [0.2, 0.25) is 10.0 Å². The van der Waals surface area contributed by atoms with Crippen molar-refractivity contribution in [2.24, 2.45) is 0 Å². The molecule has 0 spiro atoms. The van der Waals surface area contributed by atoms with E-state index in [1.54, 1.807) is 18.2 Å². The van der Waals surface area contributed by atoms with E-state index in [0.717, 1.165) is 28.8 Å². The van der Waals surface area contributed by atoms with Gasteiger partial charge in [-0.2, -0.15) is 11.8 Å². The van der Waals surface area contributed by atoms with Crippen molar-refractivity contribution in [1.29, 1.82) is 0 Å². The van der Waals surface area contributed by atoms with E-state index in [2.05, 4.69) is 20.7 Å². The summed E-state index contributed by atoms with van der Waals surface area (Å²) in [4.78, 5) is 0.324. The maximum absolute atomic E-state index is 12.1. The van der Waals surface area contributed by atoms with Crippen LogP contribution in [0.25, 0.3) is 0 Å². The lowest BCUT2D eigenvalue weighted by molar-refractivity contribution is 0.529. The molecular formula is C11H14BrNO2S2. The minimum absolute atomic E-state index is 0.0835. The molecule has 1 saturated heterocycles. The molecule has 1 fully saturated rings. The van der Waals surface area contributed by atoms with Crippen molar-refractivity contribution >= 4 is 37.7 Å². The van der Waals surface area contributed by atoms with Crippen molar-refractivity contribution in [1.82, 2.24) is 4.72 Å². The fourth-order valence-electron chi connectivity index (χ4n) is 1.74. The first-order valence-corrected chi connectivity index (χ1v) is 8.87. The summed E-state index contributed by atoms with van der Waals surface area (Å²) in [5.41, 5.74) is 0. The van der Waals surface area contributed by atoms with E-state index in [1.165, 1.54) is 0 Å². The van der Waals surface area contributed by atoms with E-state index in [0.29, 0.717) is 4.90 Å². The smallest absolute Gasteiger partial charge is 0.208 e. The molecule has 0 radical (unpaired) electrons. The molecular weight excluding hydrogens is 322 g/mol. The highest BCUT2D eigenvalue weighted by Gasteiger charge is 2.21. The summed E-state index contributed by atoms with van der Waals surface area (Å²) < 4.78 is 27.8. The molecule has 6 heteroatoms. The molecule has 0 unspecified atom stereocenters. The minimum Gasteiger partial charge on any atom is -0.208 e. The van der Waals surface area contributed by atoms with Gasteiger partial charge in [-0.25, -0.2) is 13.1 Å². The summed E-state index contributed by atoms with van der Waals surface area (Å²) in [6, 6.07) is 6.87. The number of sulfonamides is 1. The van der Waals surface area contributed by atoms with Crippen molar-refractivity contribution in [3.8, 4) is 0 Å². The predicted molar refractivity (Wildman–Crippen MR) is 74.8 cm³/mol. The van der Waals surface area contributed by atoms with Gasteiger partial charge in [0.1, 0.15) is 0 Å². The zero-order chi connectivity index (χ0) is 12.3. The third kappa shape index (κ3) is 3.71. The van der Waals surface area contributed by atoms with Crippen LogP contribution in [0.4, 0.5) is 0 Å². The molecule has 1 aromatic carbocycles. The Balaban J connectivity index is 2.13. The summed E-state index contributed by atoms with van der Waals surface area (Å²) in [6.45, 7) is 0. The molecule has 1 aliphatic heterocycles. The van der Waals surface area contributed by atoms with Crippen LogP contribution >= 0.6 is 27.7 Å². The number of benzene rings is 1. The molecule has 2 rings (SSSR count). The molecule has 17 heavy (non-hydrogen) atoms. The van der Waals surface area contributed by atoms with Gasteiger partial charge in [-0.3, -0.25) is 0 Å². The molecule has 1 N–H and O–H groups in total. The molecule has 3 nitrogen and oxygen atoms in total. The highest BCUT2D eigenvalue weighted by molar-refractivity contribution is 9.10. The number of thioether (sulfide) groups is 1. The predicted octanol–water partition coefficient (Wildman–Crippen LogP) is 2.62. The Morgan fingerprint density at radius 1 is 1.29 bits per heavy atom. The van der Waals surface area contributed by atoms with Crippen LogP contribution in [0.1, 0.15) is 12.8 Å². The first-order valence-electron chi connectivity index (χ1n) is 5.43. The first kappa shape index (κ1) is 13.4. The third-order valence-corrected chi connectivity index (χ3v) is 5.71. The van der Waals surface area contributed by atoms with Gasteiger partial charge in [-0.15, -0.1) is 0 Å². The lowest BCUT2D eigenvalue weighted by Crippen LogP contribution is -2.37. The zero-order valence-corrected chi connectivity index (χ0v) is 12.4. The topological polar surface area (TPSA) is 46.2 Å². The average Bonchev–Trinajstić information content (AvgIpc) is 2.30. The number of halogens is 1. The summed E-state index contributed by atoms with van der Waals surface area (Å²) in [7, 11) is -3.37. The largest absolute Gasteiger partial charge is 0.240 e. The van der Waals surface area contributed by atoms with Crippen LogP contribution in [0.2, 0.25) is 0 Å². The van der Waals surface area contributed by atoms with Gasteiger partial charge in [0.25, 0.3) is 0 Å². The lowest BCUT2D eigenvalue weighted by atomic mass is 10.2. The molecule has 0 atom stereocenters. The van der Waals surface area contributed by atoms with Crippen LogP contribution < -0.4 is 4.72 Å². The Morgan fingerprint density at radius 2 is 2.00 bits per heavy atom. The van der Waals surface area contributed by atoms with Crippen LogP contribution in [0.15, 0.2) is 33.6 Å². The summed E-state index contributed by atoms with van der Waals surface area (Å²) in [5.74, 6) is 2.07. The van der Waals surface area contributed by atoms with Crippen molar-refractivity contribution in [3.63, 3.8) is 0 Å². The van der Waals surface area contributed by atoms with Gasteiger partial charge >= 0.3 is 0 Å². The second-order valence-corrected chi connectivity index (χ2v) is 7.82. The maximum Gasteiger partial charge on any atom is 0.240 e. The van der Waals surface area contributed by atoms with Crippen LogP contribution in [0.5, 0.6) is 0 Å². The van der Waals surface area contributed by atoms with Gasteiger partial charge < -0.3 is 0 Å². The first-order chi connectivity index (χ1) is 8.08. The second-order valence-electron chi connectivity index (χ2n) is 3.97. The zero-order valence-electron chi connectivity index (χ0n) is 9.23. The Bertz CT molecular complexity index is 484. The van der Waals surface area contributed by atoms with Crippen molar-refractivity contribution < 1.29 is 8.42 Å². The molecule has 0 bridgehead atoms. The van der Waals surface area contributed by atoms with Crippen LogP contribution in [-0.4, -0.2) is 26.0 Å². The van der Waals surface area contributed by atoms with Gasteiger partial charge in [-0.1, -0.05) is 22.0 Å². The molecule has 1 aliphatic rings. The summed E-state index contributed by atoms with van der Waals surface area (Å²) in [6.07, 6.45) is 1.83. The fraction of sp³-hybridized carbons (Fsp3) is 0.455.